The van der Waals surface area contributed by atoms with Crippen LogP contribution in [0.15, 0.2) is 71.8 Å². The third-order valence-corrected chi connectivity index (χ3v) is 7.34. The van der Waals surface area contributed by atoms with E-state index in [-0.39, 0.29) is 12.2 Å². The first-order valence-corrected chi connectivity index (χ1v) is 12.0. The molecule has 3 aromatic rings. The molecule has 0 radical (unpaired) electrons. The van der Waals surface area contributed by atoms with Crippen molar-refractivity contribution in [2.75, 3.05) is 4.90 Å². The van der Waals surface area contributed by atoms with Crippen molar-refractivity contribution < 1.29 is 35.6 Å². The molecule has 0 saturated carbocycles. The molecule has 1 aliphatic heterocycles. The molecule has 2 heterocycles. The molecule has 36 heavy (non-hydrogen) atoms. The number of imide groups is 1. The largest absolute Gasteiger partial charge is 0.501 e. The lowest BCUT2D eigenvalue weighted by molar-refractivity contribution is -0.123. The van der Waals surface area contributed by atoms with Crippen LogP contribution in [0.4, 0.5) is 28.0 Å². The van der Waals surface area contributed by atoms with Gasteiger partial charge in [-0.3, -0.25) is 9.78 Å². The molecule has 0 atom stereocenters. The maximum Gasteiger partial charge on any atom is 0.501 e. The number of aromatic nitrogens is 1. The van der Waals surface area contributed by atoms with Crippen molar-refractivity contribution in [2.24, 2.45) is 0 Å². The third-order valence-electron chi connectivity index (χ3n) is 5.84. The fourth-order valence-electron chi connectivity index (χ4n) is 3.77. The van der Waals surface area contributed by atoms with Gasteiger partial charge in [0.25, 0.3) is 15.7 Å². The highest BCUT2D eigenvalue weighted by molar-refractivity contribution is 7.92. The van der Waals surface area contributed by atoms with E-state index in [4.69, 9.17) is 0 Å². The summed E-state index contributed by atoms with van der Waals surface area (Å²) in [6.07, 6.45) is 1.51. The number of sulfone groups is 1. The molecule has 12 heteroatoms. The van der Waals surface area contributed by atoms with Crippen molar-refractivity contribution in [1.82, 2.24) is 9.88 Å². The van der Waals surface area contributed by atoms with Gasteiger partial charge in [0.15, 0.2) is 0 Å². The number of alkyl halides is 3. The van der Waals surface area contributed by atoms with Gasteiger partial charge in [-0.05, 0) is 80.1 Å². The lowest BCUT2D eigenvalue weighted by atomic mass is 10.0. The monoisotopic (exact) mass is 521 g/mol. The second-order valence-corrected chi connectivity index (χ2v) is 10.5. The summed E-state index contributed by atoms with van der Waals surface area (Å²) in [4.78, 5) is 31.7. The smallest absolute Gasteiger partial charge is 0.305 e. The molecule has 4 rings (SSSR count). The SMILES string of the molecule is CC1(C)C(=O)N(c2ccc(S(=O)(=O)C(F)(F)F)cc2)C(=O)N1Cc1ccnc(-c2ccc(F)cc2)c1. The Morgan fingerprint density at radius 1 is 0.944 bits per heavy atom. The molecule has 188 valence electrons. The van der Waals surface area contributed by atoms with E-state index >= 15 is 0 Å². The lowest BCUT2D eigenvalue weighted by Gasteiger charge is -2.27. The summed E-state index contributed by atoms with van der Waals surface area (Å²) in [5, 5.41) is 0. The van der Waals surface area contributed by atoms with Crippen LogP contribution in [0, 0.1) is 5.82 Å². The van der Waals surface area contributed by atoms with Gasteiger partial charge < -0.3 is 4.90 Å². The topological polar surface area (TPSA) is 87.7 Å². The van der Waals surface area contributed by atoms with E-state index in [1.807, 2.05) is 0 Å². The molecule has 1 saturated heterocycles. The van der Waals surface area contributed by atoms with Crippen LogP contribution in [-0.2, 0) is 21.2 Å². The van der Waals surface area contributed by atoms with E-state index in [0.29, 0.717) is 29.0 Å². The highest BCUT2D eigenvalue weighted by Gasteiger charge is 2.52. The summed E-state index contributed by atoms with van der Waals surface area (Å²) in [5.74, 6) is -1.03. The Hall–Kier alpha value is -3.80. The van der Waals surface area contributed by atoms with Gasteiger partial charge in [0.2, 0.25) is 0 Å². The molecule has 7 nitrogen and oxygen atoms in total. The quantitative estimate of drug-likeness (QED) is 0.351. The minimum Gasteiger partial charge on any atom is -0.305 e. The molecular formula is C24H19F4N3O4S. The van der Waals surface area contributed by atoms with E-state index in [9.17, 15) is 35.6 Å². The van der Waals surface area contributed by atoms with Crippen LogP contribution in [-0.4, -0.2) is 41.3 Å². The molecule has 1 aromatic heterocycles. The van der Waals surface area contributed by atoms with Gasteiger partial charge in [-0.25, -0.2) is 22.5 Å². The van der Waals surface area contributed by atoms with Crippen molar-refractivity contribution in [1.29, 1.82) is 0 Å². The predicted octanol–water partition coefficient (Wildman–Crippen LogP) is 4.93. The Morgan fingerprint density at radius 3 is 2.14 bits per heavy atom. The molecule has 1 fully saturated rings. The molecule has 1 aliphatic rings. The molecular weight excluding hydrogens is 502 g/mol. The number of urea groups is 1. The van der Waals surface area contributed by atoms with E-state index in [1.54, 1.807) is 24.3 Å². The highest BCUT2D eigenvalue weighted by Crippen LogP contribution is 2.35. The number of amides is 3. The molecule has 3 amide bonds. The van der Waals surface area contributed by atoms with E-state index in [1.165, 1.54) is 37.1 Å². The van der Waals surface area contributed by atoms with Gasteiger partial charge in [-0.15, -0.1) is 0 Å². The van der Waals surface area contributed by atoms with Crippen molar-refractivity contribution in [3.8, 4) is 11.3 Å². The number of carbonyl (C=O) groups excluding carboxylic acids is 2. The summed E-state index contributed by atoms with van der Waals surface area (Å²) < 4.78 is 75.0. The number of nitrogens with zero attached hydrogens (tertiary/aromatic N) is 3. The first kappa shape index (κ1) is 25.3. The maximum absolute atomic E-state index is 13.2. The molecule has 0 aliphatic carbocycles. The fraction of sp³-hybridized carbons (Fsp3) is 0.208. The van der Waals surface area contributed by atoms with Gasteiger partial charge in [0.05, 0.1) is 16.3 Å². The van der Waals surface area contributed by atoms with Crippen LogP contribution >= 0.6 is 0 Å². The summed E-state index contributed by atoms with van der Waals surface area (Å²) in [5.41, 5.74) is -5.05. The van der Waals surface area contributed by atoms with Crippen LogP contribution < -0.4 is 4.90 Å². The van der Waals surface area contributed by atoms with Crippen molar-refractivity contribution in [2.45, 2.75) is 36.3 Å². The van der Waals surface area contributed by atoms with Crippen molar-refractivity contribution >= 4 is 27.5 Å². The Morgan fingerprint density at radius 2 is 1.56 bits per heavy atom. The lowest BCUT2D eigenvalue weighted by Crippen LogP contribution is -2.43. The highest BCUT2D eigenvalue weighted by atomic mass is 32.2. The van der Waals surface area contributed by atoms with Crippen molar-refractivity contribution in [3.05, 3.63) is 78.2 Å². The second-order valence-electron chi connectivity index (χ2n) is 8.57. The van der Waals surface area contributed by atoms with Gasteiger partial charge in [-0.1, -0.05) is 0 Å². The van der Waals surface area contributed by atoms with Gasteiger partial charge in [0, 0.05) is 18.3 Å². The maximum atomic E-state index is 13.2. The molecule has 0 unspecified atom stereocenters. The average Bonchev–Trinajstić information content (AvgIpc) is 2.98. The average molecular weight is 521 g/mol. The Balaban J connectivity index is 1.62. The number of hydrogen-bond acceptors (Lipinski definition) is 5. The number of halogens is 4. The van der Waals surface area contributed by atoms with Gasteiger partial charge >= 0.3 is 11.5 Å². The number of rotatable bonds is 5. The zero-order chi connectivity index (χ0) is 26.5. The standard InChI is InChI=1S/C24H19F4N3O4S/c1-23(2)21(32)31(18-7-9-19(10-8-18)36(34,35)24(26,27)28)22(33)30(23)14-15-11-12-29-20(13-15)16-3-5-17(25)6-4-16/h3-13H,14H2,1-2H3. The Labute approximate surface area is 203 Å². The normalized spacial score (nSPS) is 16.1. The van der Waals surface area contributed by atoms with E-state index < -0.39 is 43.5 Å². The Kier molecular flexibility index (Phi) is 6.11. The van der Waals surface area contributed by atoms with E-state index in [0.717, 1.165) is 17.0 Å². The number of benzene rings is 2. The first-order valence-electron chi connectivity index (χ1n) is 10.5. The number of hydrogen-bond donors (Lipinski definition) is 0. The van der Waals surface area contributed by atoms with E-state index in [2.05, 4.69) is 4.98 Å². The second kappa shape index (κ2) is 8.70. The third kappa shape index (κ3) is 4.32. The molecule has 0 spiro atoms. The zero-order valence-corrected chi connectivity index (χ0v) is 19.8. The van der Waals surface area contributed by atoms with Crippen LogP contribution in [0.5, 0.6) is 0 Å². The number of carbonyl (C=O) groups is 2. The van der Waals surface area contributed by atoms with Crippen LogP contribution in [0.25, 0.3) is 11.3 Å². The zero-order valence-electron chi connectivity index (χ0n) is 19.0. The van der Waals surface area contributed by atoms with Crippen LogP contribution in [0.2, 0.25) is 0 Å². The predicted molar refractivity (Wildman–Crippen MR) is 122 cm³/mol. The fourth-order valence-corrected chi connectivity index (χ4v) is 4.53. The summed E-state index contributed by atoms with van der Waals surface area (Å²) in [6, 6.07) is 11.7. The van der Waals surface area contributed by atoms with Crippen LogP contribution in [0.1, 0.15) is 19.4 Å². The minimum absolute atomic E-state index is 0.00528. The summed E-state index contributed by atoms with van der Waals surface area (Å²) >= 11 is 0. The molecule has 0 bridgehead atoms. The van der Waals surface area contributed by atoms with Crippen molar-refractivity contribution in [3.63, 3.8) is 0 Å². The minimum atomic E-state index is -5.57. The van der Waals surface area contributed by atoms with Crippen LogP contribution in [0.3, 0.4) is 0 Å². The molecule has 0 N–H and O–H groups in total. The summed E-state index contributed by atoms with van der Waals surface area (Å²) in [7, 11) is -5.57. The molecule has 2 aromatic carbocycles. The van der Waals surface area contributed by atoms with Gasteiger partial charge in [-0.2, -0.15) is 13.2 Å². The Bertz CT molecular complexity index is 1440. The number of pyridine rings is 1. The van der Waals surface area contributed by atoms with Gasteiger partial charge in [0.1, 0.15) is 11.4 Å². The number of anilines is 1. The first-order chi connectivity index (χ1) is 16.7. The summed E-state index contributed by atoms with van der Waals surface area (Å²) in [6.45, 7) is 3.06.